The van der Waals surface area contributed by atoms with Crippen molar-refractivity contribution < 1.29 is 0 Å². The lowest BCUT2D eigenvalue weighted by Gasteiger charge is -2.14. The molecule has 9 rings (SSSR count). The van der Waals surface area contributed by atoms with Crippen LogP contribution in [-0.2, 0) is 0 Å². The minimum Gasteiger partial charge on any atom is -0.309 e. The van der Waals surface area contributed by atoms with E-state index < -0.39 is 0 Å². The van der Waals surface area contributed by atoms with E-state index in [0.29, 0.717) is 0 Å². The van der Waals surface area contributed by atoms with Gasteiger partial charge < -0.3 is 9.13 Å². The lowest BCUT2D eigenvalue weighted by atomic mass is 9.99. The molecular weight excluding hydrogens is 719 g/mol. The molecule has 2 heterocycles. The predicted molar refractivity (Wildman–Crippen MR) is 224 cm³/mol. The van der Waals surface area contributed by atoms with Gasteiger partial charge in [0.2, 0.25) is 0 Å². The standard InChI is InChI=1S/C47H33IN2/c1-3-36(29-24-31(2)48)49-42-22-11-9-20-40(42)44-45-41-21-10-12-23-43(41)50(47(45)39-19-8-7-18-38(39)46(44)49)37-17-13-16-35(30-37)34-27-25-33(26-28-34)32-14-5-4-6-15-32/h3-30H,2H2,1H3/b29-24-,36-3+. The lowest BCUT2D eigenvalue weighted by Crippen LogP contribution is -1.97. The zero-order valence-corrected chi connectivity index (χ0v) is 29.8. The number of benzene rings is 7. The van der Waals surface area contributed by atoms with Crippen LogP contribution in [-0.4, -0.2) is 9.13 Å². The van der Waals surface area contributed by atoms with E-state index in [0.717, 1.165) is 15.0 Å². The Hall–Kier alpha value is -5.65. The molecule has 0 aliphatic carbocycles. The Balaban J connectivity index is 1.36. The van der Waals surface area contributed by atoms with Crippen molar-refractivity contribution in [2.75, 3.05) is 0 Å². The second kappa shape index (κ2) is 12.3. The molecule has 0 fully saturated rings. The zero-order valence-electron chi connectivity index (χ0n) is 27.6. The minimum atomic E-state index is 0.993. The van der Waals surface area contributed by atoms with Crippen LogP contribution >= 0.6 is 22.6 Å². The first-order chi connectivity index (χ1) is 24.6. The van der Waals surface area contributed by atoms with Crippen molar-refractivity contribution in [3.8, 4) is 27.9 Å². The number of hydrogen-bond acceptors (Lipinski definition) is 0. The van der Waals surface area contributed by atoms with Gasteiger partial charge in [0.15, 0.2) is 0 Å². The maximum Gasteiger partial charge on any atom is 0.0627 e. The highest BCUT2D eigenvalue weighted by atomic mass is 127. The molecule has 9 aromatic rings. The van der Waals surface area contributed by atoms with Gasteiger partial charge in [-0.15, -0.1) is 0 Å². The van der Waals surface area contributed by atoms with Crippen LogP contribution < -0.4 is 0 Å². The average Bonchev–Trinajstić information content (AvgIpc) is 3.70. The molecule has 0 saturated carbocycles. The van der Waals surface area contributed by atoms with Gasteiger partial charge in [-0.3, -0.25) is 0 Å². The van der Waals surface area contributed by atoms with E-state index in [-0.39, 0.29) is 0 Å². The van der Waals surface area contributed by atoms with Crippen molar-refractivity contribution in [3.63, 3.8) is 0 Å². The molecule has 3 heteroatoms. The van der Waals surface area contributed by atoms with Crippen molar-refractivity contribution in [2.24, 2.45) is 0 Å². The molecule has 0 unspecified atom stereocenters. The third-order valence-corrected chi connectivity index (χ3v) is 10.2. The van der Waals surface area contributed by atoms with Gasteiger partial charge in [0.1, 0.15) is 0 Å². The molecule has 2 nitrogen and oxygen atoms in total. The van der Waals surface area contributed by atoms with Crippen LogP contribution in [0, 0.1) is 0 Å². The summed E-state index contributed by atoms with van der Waals surface area (Å²) in [6.45, 7) is 6.24. The molecule has 0 N–H and O–H groups in total. The van der Waals surface area contributed by atoms with E-state index in [4.69, 9.17) is 0 Å². The van der Waals surface area contributed by atoms with Crippen LogP contribution in [0.1, 0.15) is 6.92 Å². The van der Waals surface area contributed by atoms with Crippen molar-refractivity contribution in [1.29, 1.82) is 0 Å². The Morgan fingerprint density at radius 2 is 1.04 bits per heavy atom. The number of allylic oxidation sites excluding steroid dienone is 5. The van der Waals surface area contributed by atoms with Crippen LogP contribution in [0.3, 0.4) is 0 Å². The fourth-order valence-corrected chi connectivity index (χ4v) is 7.89. The third-order valence-electron chi connectivity index (χ3n) is 9.86. The fourth-order valence-electron chi connectivity index (χ4n) is 7.71. The summed E-state index contributed by atoms with van der Waals surface area (Å²) in [5.74, 6) is 0. The molecule has 0 spiro atoms. The number of hydrogen-bond donors (Lipinski definition) is 0. The second-order valence-corrected chi connectivity index (χ2v) is 14.1. The molecule has 0 amide bonds. The average molecular weight is 753 g/mol. The molecule has 0 aliphatic heterocycles. The molecule has 0 bridgehead atoms. The van der Waals surface area contributed by atoms with E-state index in [1.165, 1.54) is 76.6 Å². The van der Waals surface area contributed by atoms with E-state index in [9.17, 15) is 0 Å². The smallest absolute Gasteiger partial charge is 0.0627 e. The van der Waals surface area contributed by atoms with Crippen LogP contribution in [0.15, 0.2) is 180 Å². The summed E-state index contributed by atoms with van der Waals surface area (Å²) in [6, 6.07) is 55.1. The van der Waals surface area contributed by atoms with E-state index in [2.05, 4.69) is 215 Å². The van der Waals surface area contributed by atoms with Gasteiger partial charge in [0, 0.05) is 47.3 Å². The van der Waals surface area contributed by atoms with E-state index >= 15 is 0 Å². The zero-order chi connectivity index (χ0) is 33.8. The molecule has 2 aromatic heterocycles. The minimum absolute atomic E-state index is 0.993. The topological polar surface area (TPSA) is 9.86 Å². The predicted octanol–water partition coefficient (Wildman–Crippen LogP) is 13.7. The Morgan fingerprint density at radius 1 is 0.520 bits per heavy atom. The van der Waals surface area contributed by atoms with Crippen LogP contribution in [0.4, 0.5) is 0 Å². The number of para-hydroxylation sites is 2. The summed E-state index contributed by atoms with van der Waals surface area (Å²) < 4.78 is 5.91. The van der Waals surface area contributed by atoms with Crippen molar-refractivity contribution >= 4 is 82.7 Å². The molecule has 0 atom stereocenters. The van der Waals surface area contributed by atoms with Crippen molar-refractivity contribution in [2.45, 2.75) is 6.92 Å². The maximum atomic E-state index is 4.13. The first-order valence-electron chi connectivity index (χ1n) is 16.9. The number of fused-ring (bicyclic) bond motifs is 10. The van der Waals surface area contributed by atoms with Gasteiger partial charge in [-0.2, -0.15) is 0 Å². The third kappa shape index (κ3) is 4.84. The number of aromatic nitrogens is 2. The molecule has 0 aliphatic rings. The van der Waals surface area contributed by atoms with E-state index in [1.807, 2.05) is 0 Å². The second-order valence-electron chi connectivity index (χ2n) is 12.7. The molecule has 238 valence electrons. The Morgan fingerprint density at radius 3 is 1.72 bits per heavy atom. The summed E-state index contributed by atoms with van der Waals surface area (Å²) >= 11 is 2.28. The summed E-state index contributed by atoms with van der Waals surface area (Å²) in [4.78, 5) is 0. The highest BCUT2D eigenvalue weighted by molar-refractivity contribution is 14.1. The fraction of sp³-hybridized carbons (Fsp3) is 0.0213. The summed E-state index contributed by atoms with van der Waals surface area (Å²) in [6.07, 6.45) is 6.47. The largest absolute Gasteiger partial charge is 0.309 e. The monoisotopic (exact) mass is 752 g/mol. The van der Waals surface area contributed by atoms with Gasteiger partial charge in [-0.05, 0) is 88.2 Å². The van der Waals surface area contributed by atoms with Crippen molar-refractivity contribution in [3.05, 3.63) is 180 Å². The van der Waals surface area contributed by atoms with Crippen LogP contribution in [0.2, 0.25) is 0 Å². The van der Waals surface area contributed by atoms with Gasteiger partial charge >= 0.3 is 0 Å². The Labute approximate surface area is 305 Å². The molecular formula is C47H33IN2. The van der Waals surface area contributed by atoms with Gasteiger partial charge in [0.05, 0.1) is 22.1 Å². The summed E-state index contributed by atoms with van der Waals surface area (Å²) in [5, 5.41) is 7.50. The first-order valence-corrected chi connectivity index (χ1v) is 18.0. The highest BCUT2D eigenvalue weighted by Gasteiger charge is 2.24. The SMILES string of the molecule is C=C(I)/C=C\C(=C/C)n1c2ccccc2c2c3c4ccccc4n(-c4cccc(-c5ccc(-c6ccccc6)cc5)c4)c3c3ccccc3c21. The molecule has 0 saturated heterocycles. The lowest BCUT2D eigenvalue weighted by molar-refractivity contribution is 1.19. The number of rotatable bonds is 6. The molecule has 50 heavy (non-hydrogen) atoms. The van der Waals surface area contributed by atoms with Gasteiger partial charge in [-0.25, -0.2) is 0 Å². The molecule has 7 aromatic carbocycles. The summed E-state index contributed by atoms with van der Waals surface area (Å²) in [5.41, 5.74) is 11.9. The van der Waals surface area contributed by atoms with Crippen LogP contribution in [0.25, 0.3) is 88.0 Å². The quantitative estimate of drug-likeness (QED) is 0.118. The van der Waals surface area contributed by atoms with Gasteiger partial charge in [-0.1, -0.05) is 140 Å². The normalized spacial score (nSPS) is 12.3. The Bertz CT molecular complexity index is 2830. The van der Waals surface area contributed by atoms with Gasteiger partial charge in [0.25, 0.3) is 0 Å². The molecule has 0 radical (unpaired) electrons. The Kier molecular flexibility index (Phi) is 7.51. The first kappa shape index (κ1) is 30.4. The summed E-state index contributed by atoms with van der Waals surface area (Å²) in [7, 11) is 0. The number of halogens is 1. The maximum absolute atomic E-state index is 4.13. The van der Waals surface area contributed by atoms with Crippen molar-refractivity contribution in [1.82, 2.24) is 9.13 Å². The van der Waals surface area contributed by atoms with E-state index in [1.54, 1.807) is 0 Å². The van der Waals surface area contributed by atoms with Crippen LogP contribution in [0.5, 0.6) is 0 Å². The highest BCUT2D eigenvalue weighted by Crippen LogP contribution is 2.47. The number of nitrogens with zero attached hydrogens (tertiary/aromatic N) is 2.